The molecule has 8 heteroatoms. The molecule has 0 unspecified atom stereocenters. The number of nitrogens with zero attached hydrogens (tertiary/aromatic N) is 1. The molecule has 0 saturated carbocycles. The van der Waals surface area contributed by atoms with E-state index in [0.717, 1.165) is 18.8 Å². The number of anilines is 1. The Labute approximate surface area is 135 Å². The lowest BCUT2D eigenvalue weighted by Crippen LogP contribution is -2.46. The van der Waals surface area contributed by atoms with E-state index in [2.05, 4.69) is 24.1 Å². The zero-order chi connectivity index (χ0) is 16.4. The van der Waals surface area contributed by atoms with E-state index >= 15 is 0 Å². The van der Waals surface area contributed by atoms with Crippen molar-refractivity contribution < 1.29 is 13.2 Å². The molecule has 0 aliphatic carbocycles. The molecule has 1 aliphatic heterocycles. The van der Waals surface area contributed by atoms with Gasteiger partial charge in [-0.15, -0.1) is 0 Å². The molecular weight excluding hydrogens is 322 g/mol. The van der Waals surface area contributed by atoms with Gasteiger partial charge in [0.05, 0.1) is 11.4 Å². The standard InChI is InChI=1S/C14H21N3O3S2/c1-14(2)10-17(7-8-21-14)9-13(18)16-11-3-5-12(6-4-11)22(15,19)20/h3-6H,7-10H2,1-2H3,(H,16,18)(H2,15,19,20). The average Bonchev–Trinajstić information content (AvgIpc) is 2.36. The Bertz CT molecular complexity index is 642. The minimum Gasteiger partial charge on any atom is -0.325 e. The van der Waals surface area contributed by atoms with Crippen LogP contribution < -0.4 is 10.5 Å². The van der Waals surface area contributed by atoms with Gasteiger partial charge in [-0.1, -0.05) is 0 Å². The Morgan fingerprint density at radius 2 is 2.00 bits per heavy atom. The number of carbonyl (C=O) groups excluding carboxylic acids is 1. The molecule has 3 N–H and O–H groups in total. The second-order valence-corrected chi connectivity index (χ2v) is 9.30. The van der Waals surface area contributed by atoms with Crippen LogP contribution in [0.15, 0.2) is 29.2 Å². The summed E-state index contributed by atoms with van der Waals surface area (Å²) in [5.74, 6) is 0.912. The molecule has 122 valence electrons. The van der Waals surface area contributed by atoms with Crippen LogP contribution >= 0.6 is 11.8 Å². The van der Waals surface area contributed by atoms with E-state index < -0.39 is 10.0 Å². The van der Waals surface area contributed by atoms with Gasteiger partial charge < -0.3 is 5.32 Å². The van der Waals surface area contributed by atoms with E-state index in [9.17, 15) is 13.2 Å². The summed E-state index contributed by atoms with van der Waals surface area (Å²) in [4.78, 5) is 14.2. The van der Waals surface area contributed by atoms with Crippen molar-refractivity contribution in [3.63, 3.8) is 0 Å². The van der Waals surface area contributed by atoms with Crippen LogP contribution in [0.3, 0.4) is 0 Å². The van der Waals surface area contributed by atoms with Gasteiger partial charge in [0.25, 0.3) is 0 Å². The van der Waals surface area contributed by atoms with Crippen LogP contribution in [0.4, 0.5) is 5.69 Å². The number of sulfonamides is 1. The number of nitrogens with one attached hydrogen (secondary N) is 1. The summed E-state index contributed by atoms with van der Waals surface area (Å²) in [6, 6.07) is 5.83. The molecule has 6 nitrogen and oxygen atoms in total. The molecule has 0 spiro atoms. The average molecular weight is 343 g/mol. The molecule has 0 aromatic heterocycles. The van der Waals surface area contributed by atoms with E-state index in [1.165, 1.54) is 24.3 Å². The number of carbonyl (C=O) groups is 1. The fourth-order valence-corrected chi connectivity index (χ4v) is 4.07. The van der Waals surface area contributed by atoms with Crippen molar-refractivity contribution in [2.24, 2.45) is 5.14 Å². The van der Waals surface area contributed by atoms with E-state index in [1.54, 1.807) is 0 Å². The molecular formula is C14H21N3O3S2. The zero-order valence-corrected chi connectivity index (χ0v) is 14.3. The Hall–Kier alpha value is -1.09. The third-order valence-electron chi connectivity index (χ3n) is 3.34. The molecule has 1 aromatic carbocycles. The maximum absolute atomic E-state index is 12.1. The summed E-state index contributed by atoms with van der Waals surface area (Å²) < 4.78 is 22.5. The molecule has 1 heterocycles. The van der Waals surface area contributed by atoms with E-state index in [1.807, 2.05) is 11.8 Å². The SMILES string of the molecule is CC1(C)CN(CC(=O)Nc2ccc(S(N)(=O)=O)cc2)CCS1. The molecule has 1 aliphatic rings. The van der Waals surface area contributed by atoms with Gasteiger partial charge in [-0.3, -0.25) is 9.69 Å². The summed E-state index contributed by atoms with van der Waals surface area (Å²) >= 11 is 1.92. The lowest BCUT2D eigenvalue weighted by atomic mass is 10.2. The highest BCUT2D eigenvalue weighted by atomic mass is 32.2. The van der Waals surface area contributed by atoms with Gasteiger partial charge in [0, 0.05) is 29.3 Å². The van der Waals surface area contributed by atoms with E-state index in [0.29, 0.717) is 12.2 Å². The highest BCUT2D eigenvalue weighted by molar-refractivity contribution is 8.00. The van der Waals surface area contributed by atoms with Gasteiger partial charge in [0.1, 0.15) is 0 Å². The molecule has 2 rings (SSSR count). The largest absolute Gasteiger partial charge is 0.325 e. The van der Waals surface area contributed by atoms with Crippen molar-refractivity contribution in [3.05, 3.63) is 24.3 Å². The number of amides is 1. The zero-order valence-electron chi connectivity index (χ0n) is 12.7. The number of rotatable bonds is 4. The lowest BCUT2D eigenvalue weighted by molar-refractivity contribution is -0.117. The molecule has 1 fully saturated rings. The second kappa shape index (κ2) is 6.57. The number of hydrogen-bond donors (Lipinski definition) is 2. The number of nitrogens with two attached hydrogens (primary N) is 1. The smallest absolute Gasteiger partial charge is 0.238 e. The first-order chi connectivity index (χ1) is 10.2. The first-order valence-corrected chi connectivity index (χ1v) is 9.48. The predicted octanol–water partition coefficient (Wildman–Crippen LogP) is 1.10. The number of hydrogen-bond acceptors (Lipinski definition) is 5. The molecule has 1 amide bonds. The summed E-state index contributed by atoms with van der Waals surface area (Å²) in [7, 11) is -3.71. The maximum atomic E-state index is 12.1. The van der Waals surface area contributed by atoms with Gasteiger partial charge in [-0.05, 0) is 38.1 Å². The van der Waals surface area contributed by atoms with Gasteiger partial charge in [-0.25, -0.2) is 13.6 Å². The Morgan fingerprint density at radius 3 is 2.55 bits per heavy atom. The van der Waals surface area contributed by atoms with Crippen molar-refractivity contribution in [1.29, 1.82) is 0 Å². The monoisotopic (exact) mass is 343 g/mol. The van der Waals surface area contributed by atoms with Crippen molar-refractivity contribution >= 4 is 33.4 Å². The minimum atomic E-state index is -3.71. The Kier molecular flexibility index (Phi) is 5.16. The third-order valence-corrected chi connectivity index (χ3v) is 5.57. The highest BCUT2D eigenvalue weighted by Crippen LogP contribution is 2.29. The summed E-state index contributed by atoms with van der Waals surface area (Å²) in [5.41, 5.74) is 0.558. The summed E-state index contributed by atoms with van der Waals surface area (Å²) in [6.07, 6.45) is 0. The maximum Gasteiger partial charge on any atom is 0.238 e. The predicted molar refractivity (Wildman–Crippen MR) is 89.4 cm³/mol. The van der Waals surface area contributed by atoms with Gasteiger partial charge >= 0.3 is 0 Å². The molecule has 0 atom stereocenters. The quantitative estimate of drug-likeness (QED) is 0.854. The summed E-state index contributed by atoms with van der Waals surface area (Å²) in [5, 5.41) is 7.81. The number of primary sulfonamides is 1. The summed E-state index contributed by atoms with van der Waals surface area (Å²) in [6.45, 7) is 6.45. The van der Waals surface area contributed by atoms with Crippen LogP contribution in [-0.4, -0.2) is 49.4 Å². The number of thioether (sulfide) groups is 1. The minimum absolute atomic E-state index is 0.0281. The van der Waals surface area contributed by atoms with Crippen LogP contribution in [0.1, 0.15) is 13.8 Å². The van der Waals surface area contributed by atoms with Crippen LogP contribution in [0.5, 0.6) is 0 Å². The normalized spacial score (nSPS) is 18.9. The topological polar surface area (TPSA) is 92.5 Å². The van der Waals surface area contributed by atoms with Crippen LogP contribution in [0.25, 0.3) is 0 Å². The molecule has 1 aromatic rings. The Balaban J connectivity index is 1.92. The third kappa shape index (κ3) is 4.98. The molecule has 0 radical (unpaired) electrons. The molecule has 1 saturated heterocycles. The molecule has 0 bridgehead atoms. The van der Waals surface area contributed by atoms with Crippen molar-refractivity contribution in [1.82, 2.24) is 4.90 Å². The fourth-order valence-electron chi connectivity index (χ4n) is 2.38. The van der Waals surface area contributed by atoms with Gasteiger partial charge in [0.2, 0.25) is 15.9 Å². The van der Waals surface area contributed by atoms with Gasteiger partial charge in [0.15, 0.2) is 0 Å². The highest BCUT2D eigenvalue weighted by Gasteiger charge is 2.27. The molecule has 22 heavy (non-hydrogen) atoms. The van der Waals surface area contributed by atoms with Gasteiger partial charge in [-0.2, -0.15) is 11.8 Å². The van der Waals surface area contributed by atoms with Crippen molar-refractivity contribution in [2.75, 3.05) is 30.7 Å². The lowest BCUT2D eigenvalue weighted by Gasteiger charge is -2.37. The Morgan fingerprint density at radius 1 is 1.36 bits per heavy atom. The van der Waals surface area contributed by atoms with E-state index in [4.69, 9.17) is 5.14 Å². The second-order valence-electron chi connectivity index (χ2n) is 5.94. The number of benzene rings is 1. The van der Waals surface area contributed by atoms with Crippen LogP contribution in [0.2, 0.25) is 0 Å². The van der Waals surface area contributed by atoms with Crippen molar-refractivity contribution in [3.8, 4) is 0 Å². The van der Waals surface area contributed by atoms with Crippen LogP contribution in [-0.2, 0) is 14.8 Å². The van der Waals surface area contributed by atoms with Crippen molar-refractivity contribution in [2.45, 2.75) is 23.5 Å². The first-order valence-electron chi connectivity index (χ1n) is 6.95. The fraction of sp³-hybridized carbons (Fsp3) is 0.500. The van der Waals surface area contributed by atoms with Crippen LogP contribution in [0, 0.1) is 0 Å². The van der Waals surface area contributed by atoms with E-state index in [-0.39, 0.29) is 15.5 Å². The first kappa shape index (κ1) is 17.3.